The Bertz CT molecular complexity index is 574. The summed E-state index contributed by atoms with van der Waals surface area (Å²) in [5.74, 6) is 0.749. The SMILES string of the molecule is CCNc1cnc(Cn2c(C)cccc2=O)cn1. The lowest BCUT2D eigenvalue weighted by Gasteiger charge is -2.09. The summed E-state index contributed by atoms with van der Waals surface area (Å²) >= 11 is 0. The van der Waals surface area contributed by atoms with Crippen molar-refractivity contribution >= 4 is 5.82 Å². The zero-order valence-corrected chi connectivity index (χ0v) is 10.6. The molecule has 0 aliphatic rings. The summed E-state index contributed by atoms with van der Waals surface area (Å²) in [7, 11) is 0. The molecule has 0 bridgehead atoms. The molecule has 94 valence electrons. The molecular weight excluding hydrogens is 228 g/mol. The predicted molar refractivity (Wildman–Crippen MR) is 70.7 cm³/mol. The normalized spacial score (nSPS) is 10.3. The Hall–Kier alpha value is -2.17. The first-order valence-corrected chi connectivity index (χ1v) is 5.92. The Morgan fingerprint density at radius 1 is 1.28 bits per heavy atom. The quantitative estimate of drug-likeness (QED) is 0.883. The first kappa shape index (κ1) is 12.3. The number of anilines is 1. The van der Waals surface area contributed by atoms with E-state index in [9.17, 15) is 4.79 Å². The highest BCUT2D eigenvalue weighted by molar-refractivity contribution is 5.30. The molecule has 2 heterocycles. The summed E-state index contributed by atoms with van der Waals surface area (Å²) in [5, 5.41) is 3.08. The number of nitrogens with zero attached hydrogens (tertiary/aromatic N) is 3. The fourth-order valence-electron chi connectivity index (χ4n) is 1.70. The molecule has 0 amide bonds. The number of aromatic nitrogens is 3. The van der Waals surface area contributed by atoms with Crippen molar-refractivity contribution in [2.45, 2.75) is 20.4 Å². The van der Waals surface area contributed by atoms with Crippen molar-refractivity contribution in [1.82, 2.24) is 14.5 Å². The van der Waals surface area contributed by atoms with Crippen LogP contribution in [0.4, 0.5) is 5.82 Å². The summed E-state index contributed by atoms with van der Waals surface area (Å²) in [5.41, 5.74) is 1.67. The van der Waals surface area contributed by atoms with Crippen LogP contribution in [0, 0.1) is 6.92 Å². The third-order valence-electron chi connectivity index (χ3n) is 2.65. The van der Waals surface area contributed by atoms with Gasteiger partial charge in [-0.05, 0) is 19.9 Å². The number of pyridine rings is 1. The van der Waals surface area contributed by atoms with Gasteiger partial charge in [-0.25, -0.2) is 4.98 Å². The summed E-state index contributed by atoms with van der Waals surface area (Å²) in [6.07, 6.45) is 3.37. The average molecular weight is 244 g/mol. The van der Waals surface area contributed by atoms with Crippen LogP contribution in [0.3, 0.4) is 0 Å². The van der Waals surface area contributed by atoms with E-state index in [1.54, 1.807) is 29.1 Å². The Balaban J connectivity index is 2.21. The van der Waals surface area contributed by atoms with Gasteiger partial charge in [0.1, 0.15) is 5.82 Å². The van der Waals surface area contributed by atoms with Gasteiger partial charge < -0.3 is 9.88 Å². The van der Waals surface area contributed by atoms with Crippen molar-refractivity contribution in [3.63, 3.8) is 0 Å². The summed E-state index contributed by atoms with van der Waals surface area (Å²) in [6, 6.07) is 5.21. The van der Waals surface area contributed by atoms with Crippen LogP contribution in [-0.2, 0) is 6.54 Å². The number of hydrogen-bond acceptors (Lipinski definition) is 4. The topological polar surface area (TPSA) is 59.8 Å². The second kappa shape index (κ2) is 5.44. The molecule has 5 nitrogen and oxygen atoms in total. The average Bonchev–Trinajstić information content (AvgIpc) is 2.36. The maximum atomic E-state index is 11.7. The van der Waals surface area contributed by atoms with Crippen molar-refractivity contribution < 1.29 is 0 Å². The fourth-order valence-corrected chi connectivity index (χ4v) is 1.70. The van der Waals surface area contributed by atoms with E-state index in [1.807, 2.05) is 19.9 Å². The lowest BCUT2D eigenvalue weighted by Crippen LogP contribution is -2.22. The van der Waals surface area contributed by atoms with Crippen LogP contribution < -0.4 is 10.9 Å². The first-order chi connectivity index (χ1) is 8.70. The van der Waals surface area contributed by atoms with Crippen LogP contribution in [0.15, 0.2) is 35.4 Å². The highest BCUT2D eigenvalue weighted by Gasteiger charge is 2.02. The first-order valence-electron chi connectivity index (χ1n) is 5.92. The minimum atomic E-state index is -0.0208. The fraction of sp³-hybridized carbons (Fsp3) is 0.308. The summed E-state index contributed by atoms with van der Waals surface area (Å²) in [4.78, 5) is 20.2. The molecule has 2 aromatic rings. The smallest absolute Gasteiger partial charge is 0.251 e. The molecule has 0 fully saturated rings. The third kappa shape index (κ3) is 2.74. The van der Waals surface area contributed by atoms with Gasteiger partial charge in [0.25, 0.3) is 5.56 Å². The van der Waals surface area contributed by atoms with Gasteiger partial charge in [-0.3, -0.25) is 9.78 Å². The molecule has 0 saturated heterocycles. The summed E-state index contributed by atoms with van der Waals surface area (Å²) < 4.78 is 1.68. The standard InChI is InChI=1S/C13H16N4O/c1-3-14-12-8-15-11(7-16-12)9-17-10(2)5-4-6-13(17)18/h4-8H,3,9H2,1-2H3,(H,14,16). The number of rotatable bonds is 4. The van der Waals surface area contributed by atoms with Crippen LogP contribution in [0.1, 0.15) is 18.3 Å². The van der Waals surface area contributed by atoms with Gasteiger partial charge in [-0.15, -0.1) is 0 Å². The maximum absolute atomic E-state index is 11.7. The van der Waals surface area contributed by atoms with E-state index < -0.39 is 0 Å². The second-order valence-electron chi connectivity index (χ2n) is 4.01. The van der Waals surface area contributed by atoms with E-state index in [0.717, 1.165) is 23.8 Å². The van der Waals surface area contributed by atoms with Gasteiger partial charge in [0.05, 0.1) is 24.6 Å². The van der Waals surface area contributed by atoms with E-state index in [0.29, 0.717) is 6.54 Å². The Kier molecular flexibility index (Phi) is 3.72. The van der Waals surface area contributed by atoms with E-state index in [2.05, 4.69) is 15.3 Å². The van der Waals surface area contributed by atoms with E-state index >= 15 is 0 Å². The molecule has 1 N–H and O–H groups in total. The van der Waals surface area contributed by atoms with Crippen molar-refractivity contribution in [2.75, 3.05) is 11.9 Å². The molecular formula is C13H16N4O. The van der Waals surface area contributed by atoms with Gasteiger partial charge in [0.15, 0.2) is 0 Å². The molecule has 2 rings (SSSR count). The van der Waals surface area contributed by atoms with Crippen molar-refractivity contribution in [2.24, 2.45) is 0 Å². The molecule has 0 aliphatic heterocycles. The predicted octanol–water partition coefficient (Wildman–Crippen LogP) is 1.43. The van der Waals surface area contributed by atoms with Gasteiger partial charge in [0, 0.05) is 18.3 Å². The molecule has 5 heteroatoms. The second-order valence-corrected chi connectivity index (χ2v) is 4.01. The van der Waals surface area contributed by atoms with Crippen LogP contribution in [0.25, 0.3) is 0 Å². The highest BCUT2D eigenvalue weighted by atomic mass is 16.1. The molecule has 0 radical (unpaired) electrons. The molecule has 0 atom stereocenters. The van der Waals surface area contributed by atoms with Crippen LogP contribution in [0.2, 0.25) is 0 Å². The number of aryl methyl sites for hydroxylation is 1. The molecule has 2 aromatic heterocycles. The van der Waals surface area contributed by atoms with Crippen molar-refractivity contribution in [3.8, 4) is 0 Å². The van der Waals surface area contributed by atoms with Crippen LogP contribution in [-0.4, -0.2) is 21.1 Å². The van der Waals surface area contributed by atoms with Gasteiger partial charge in [-0.1, -0.05) is 6.07 Å². The lowest BCUT2D eigenvalue weighted by atomic mass is 10.3. The van der Waals surface area contributed by atoms with Gasteiger partial charge >= 0.3 is 0 Å². The van der Waals surface area contributed by atoms with E-state index in [1.165, 1.54) is 0 Å². The molecule has 0 aliphatic carbocycles. The monoisotopic (exact) mass is 244 g/mol. The number of hydrogen-bond donors (Lipinski definition) is 1. The third-order valence-corrected chi connectivity index (χ3v) is 2.65. The van der Waals surface area contributed by atoms with E-state index in [-0.39, 0.29) is 5.56 Å². The molecule has 0 saturated carbocycles. The molecule has 0 unspecified atom stereocenters. The highest BCUT2D eigenvalue weighted by Crippen LogP contribution is 2.03. The van der Waals surface area contributed by atoms with E-state index in [4.69, 9.17) is 0 Å². The maximum Gasteiger partial charge on any atom is 0.251 e. The summed E-state index contributed by atoms with van der Waals surface area (Å²) in [6.45, 7) is 5.17. The Morgan fingerprint density at radius 3 is 2.72 bits per heavy atom. The number of nitrogens with one attached hydrogen (secondary N) is 1. The largest absolute Gasteiger partial charge is 0.369 e. The minimum Gasteiger partial charge on any atom is -0.369 e. The van der Waals surface area contributed by atoms with Gasteiger partial charge in [0.2, 0.25) is 0 Å². The Morgan fingerprint density at radius 2 is 2.11 bits per heavy atom. The van der Waals surface area contributed by atoms with Gasteiger partial charge in [-0.2, -0.15) is 0 Å². The van der Waals surface area contributed by atoms with Crippen molar-refractivity contribution in [1.29, 1.82) is 0 Å². The molecule has 0 aromatic carbocycles. The lowest BCUT2D eigenvalue weighted by molar-refractivity contribution is 0.709. The zero-order valence-electron chi connectivity index (χ0n) is 10.6. The Labute approximate surface area is 106 Å². The van der Waals surface area contributed by atoms with Crippen LogP contribution >= 0.6 is 0 Å². The molecule has 0 spiro atoms. The molecule has 18 heavy (non-hydrogen) atoms. The van der Waals surface area contributed by atoms with Crippen molar-refractivity contribution in [3.05, 3.63) is 52.3 Å². The minimum absolute atomic E-state index is 0.0208. The van der Waals surface area contributed by atoms with Crippen LogP contribution in [0.5, 0.6) is 0 Å². The zero-order chi connectivity index (χ0) is 13.0.